The zero-order chi connectivity index (χ0) is 22.8. The van der Waals surface area contributed by atoms with Crippen LogP contribution in [0.4, 0.5) is 4.79 Å². The van der Waals surface area contributed by atoms with E-state index in [1.165, 1.54) is 0 Å². The quantitative estimate of drug-likeness (QED) is 0.532. The lowest BCUT2D eigenvalue weighted by atomic mass is 9.98. The standard InChI is InChI=1S/C26H25NO5/c1-15-11-16(2)21(24(28)12-15)13-23(25(29)30)27-26(31)32-14-22-19-9-5-3-7-17(19)18-8-4-6-10-20(18)22/h3-12,22-23,28H,13-14H2,1-2H3,(H,27,31)(H,29,30). The van der Waals surface area contributed by atoms with Gasteiger partial charge < -0.3 is 20.3 Å². The van der Waals surface area contributed by atoms with Gasteiger partial charge in [0.2, 0.25) is 0 Å². The van der Waals surface area contributed by atoms with Crippen LogP contribution in [0.5, 0.6) is 5.75 Å². The molecule has 0 radical (unpaired) electrons. The van der Waals surface area contributed by atoms with Gasteiger partial charge in [0.1, 0.15) is 18.4 Å². The number of carboxylic acids is 1. The predicted molar refractivity (Wildman–Crippen MR) is 121 cm³/mol. The number of phenols is 1. The maximum absolute atomic E-state index is 12.5. The lowest BCUT2D eigenvalue weighted by Gasteiger charge is -2.19. The molecule has 0 saturated heterocycles. The van der Waals surface area contributed by atoms with E-state index in [0.29, 0.717) is 5.56 Å². The number of carbonyl (C=O) groups excluding carboxylic acids is 1. The summed E-state index contributed by atoms with van der Waals surface area (Å²) in [5.41, 5.74) is 6.52. The van der Waals surface area contributed by atoms with Crippen LogP contribution in [-0.2, 0) is 16.0 Å². The summed E-state index contributed by atoms with van der Waals surface area (Å²) in [7, 11) is 0. The topological polar surface area (TPSA) is 95.9 Å². The number of carbonyl (C=O) groups is 2. The molecular weight excluding hydrogens is 406 g/mol. The molecule has 6 heteroatoms. The molecule has 1 unspecified atom stereocenters. The average Bonchev–Trinajstić information content (AvgIpc) is 3.07. The number of carboxylic acid groups (broad SMARTS) is 1. The van der Waals surface area contributed by atoms with Crippen molar-refractivity contribution in [3.8, 4) is 16.9 Å². The lowest BCUT2D eigenvalue weighted by molar-refractivity contribution is -0.139. The monoisotopic (exact) mass is 431 g/mol. The van der Waals surface area contributed by atoms with Crippen LogP contribution in [0.2, 0.25) is 0 Å². The molecule has 6 nitrogen and oxygen atoms in total. The SMILES string of the molecule is Cc1cc(C)c(CC(NC(=O)OCC2c3ccccc3-c3ccccc32)C(=O)O)c(O)c1. The first-order valence-electron chi connectivity index (χ1n) is 10.5. The highest BCUT2D eigenvalue weighted by Crippen LogP contribution is 2.44. The van der Waals surface area contributed by atoms with Crippen LogP contribution in [0.15, 0.2) is 60.7 Å². The Balaban J connectivity index is 1.46. The summed E-state index contributed by atoms with van der Waals surface area (Å²) in [5.74, 6) is -1.29. The van der Waals surface area contributed by atoms with Gasteiger partial charge in [-0.25, -0.2) is 9.59 Å². The summed E-state index contributed by atoms with van der Waals surface area (Å²) in [6, 6.07) is 18.2. The smallest absolute Gasteiger partial charge is 0.407 e. The van der Waals surface area contributed by atoms with Crippen molar-refractivity contribution in [3.05, 3.63) is 88.5 Å². The highest BCUT2D eigenvalue weighted by Gasteiger charge is 2.30. The molecule has 0 fully saturated rings. The number of hydrogen-bond acceptors (Lipinski definition) is 4. The van der Waals surface area contributed by atoms with Gasteiger partial charge in [-0.1, -0.05) is 54.6 Å². The van der Waals surface area contributed by atoms with Gasteiger partial charge in [0, 0.05) is 12.3 Å². The Kier molecular flexibility index (Phi) is 5.86. The van der Waals surface area contributed by atoms with E-state index >= 15 is 0 Å². The fraction of sp³-hybridized carbons (Fsp3) is 0.231. The fourth-order valence-electron chi connectivity index (χ4n) is 4.43. The van der Waals surface area contributed by atoms with Crippen molar-refractivity contribution in [2.45, 2.75) is 32.2 Å². The van der Waals surface area contributed by atoms with Gasteiger partial charge in [0.25, 0.3) is 0 Å². The second-order valence-electron chi connectivity index (χ2n) is 8.14. The Bertz CT molecular complexity index is 1120. The van der Waals surface area contributed by atoms with Crippen LogP contribution in [0.25, 0.3) is 11.1 Å². The maximum Gasteiger partial charge on any atom is 0.407 e. The minimum absolute atomic E-state index is 0.0167. The number of nitrogens with one attached hydrogen (secondary N) is 1. The minimum Gasteiger partial charge on any atom is -0.508 e. The molecule has 32 heavy (non-hydrogen) atoms. The second kappa shape index (κ2) is 8.75. The van der Waals surface area contributed by atoms with E-state index < -0.39 is 18.1 Å². The molecule has 1 atom stereocenters. The maximum atomic E-state index is 12.5. The molecule has 1 amide bonds. The molecule has 3 N–H and O–H groups in total. The first-order chi connectivity index (χ1) is 15.3. The van der Waals surface area contributed by atoms with Crippen molar-refractivity contribution < 1.29 is 24.5 Å². The summed E-state index contributed by atoms with van der Waals surface area (Å²) >= 11 is 0. The van der Waals surface area contributed by atoms with E-state index in [0.717, 1.165) is 33.4 Å². The summed E-state index contributed by atoms with van der Waals surface area (Å²) in [6.07, 6.45) is -0.846. The normalized spacial score (nSPS) is 13.2. The number of aromatic hydroxyl groups is 1. The zero-order valence-electron chi connectivity index (χ0n) is 18.0. The predicted octanol–water partition coefficient (Wildman–Crippen LogP) is 4.54. The molecule has 3 aromatic carbocycles. The second-order valence-corrected chi connectivity index (χ2v) is 8.14. The number of aryl methyl sites for hydroxylation is 2. The van der Waals surface area contributed by atoms with Crippen molar-refractivity contribution >= 4 is 12.1 Å². The number of benzene rings is 3. The van der Waals surface area contributed by atoms with Crippen LogP contribution in [0, 0.1) is 13.8 Å². The Labute approximate surface area is 186 Å². The number of amides is 1. The molecule has 3 aromatic rings. The van der Waals surface area contributed by atoms with Gasteiger partial charge in [0.05, 0.1) is 0 Å². The number of phenolic OH excluding ortho intramolecular Hbond substituents is 1. The summed E-state index contributed by atoms with van der Waals surface area (Å²) in [6.45, 7) is 3.75. The summed E-state index contributed by atoms with van der Waals surface area (Å²) in [5, 5.41) is 22.3. The Morgan fingerprint density at radius 2 is 1.59 bits per heavy atom. The largest absolute Gasteiger partial charge is 0.508 e. The third-order valence-electron chi connectivity index (χ3n) is 5.94. The Morgan fingerprint density at radius 1 is 1.00 bits per heavy atom. The van der Waals surface area contributed by atoms with Gasteiger partial charge in [-0.2, -0.15) is 0 Å². The molecular formula is C26H25NO5. The highest BCUT2D eigenvalue weighted by atomic mass is 16.5. The van der Waals surface area contributed by atoms with Crippen molar-refractivity contribution in [1.82, 2.24) is 5.32 Å². The van der Waals surface area contributed by atoms with Gasteiger partial charge >= 0.3 is 12.1 Å². The summed E-state index contributed by atoms with van der Waals surface area (Å²) < 4.78 is 5.46. The number of alkyl carbamates (subject to hydrolysis) is 1. The van der Waals surface area contributed by atoms with Gasteiger partial charge in [-0.15, -0.1) is 0 Å². The Morgan fingerprint density at radius 3 is 2.16 bits per heavy atom. The van der Waals surface area contributed by atoms with Crippen LogP contribution < -0.4 is 5.32 Å². The number of ether oxygens (including phenoxy) is 1. The number of hydrogen-bond donors (Lipinski definition) is 3. The number of fused-ring (bicyclic) bond motifs is 3. The van der Waals surface area contributed by atoms with Crippen molar-refractivity contribution in [3.63, 3.8) is 0 Å². The van der Waals surface area contributed by atoms with Gasteiger partial charge in [0.15, 0.2) is 0 Å². The molecule has 1 aliphatic rings. The Hall–Kier alpha value is -3.80. The van der Waals surface area contributed by atoms with E-state index in [2.05, 4.69) is 5.32 Å². The lowest BCUT2D eigenvalue weighted by Crippen LogP contribution is -2.43. The highest BCUT2D eigenvalue weighted by molar-refractivity contribution is 5.81. The molecule has 0 spiro atoms. The third kappa shape index (κ3) is 4.17. The number of aliphatic carboxylic acids is 1. The van der Waals surface area contributed by atoms with Crippen molar-refractivity contribution in [2.75, 3.05) is 6.61 Å². The van der Waals surface area contributed by atoms with Crippen LogP contribution in [0.3, 0.4) is 0 Å². The minimum atomic E-state index is -1.22. The number of rotatable bonds is 6. The summed E-state index contributed by atoms with van der Waals surface area (Å²) in [4.78, 5) is 24.3. The molecule has 0 aliphatic heterocycles. The van der Waals surface area contributed by atoms with Crippen molar-refractivity contribution in [2.24, 2.45) is 0 Å². The molecule has 0 saturated carbocycles. The van der Waals surface area contributed by atoms with Gasteiger partial charge in [-0.05, 0) is 58.9 Å². The van der Waals surface area contributed by atoms with E-state index in [4.69, 9.17) is 4.74 Å². The average molecular weight is 431 g/mol. The fourth-order valence-corrected chi connectivity index (χ4v) is 4.43. The molecule has 1 aliphatic carbocycles. The zero-order valence-corrected chi connectivity index (χ0v) is 18.0. The van der Waals surface area contributed by atoms with E-state index in [-0.39, 0.29) is 24.7 Å². The van der Waals surface area contributed by atoms with Crippen LogP contribution >= 0.6 is 0 Å². The molecule has 0 heterocycles. The third-order valence-corrected chi connectivity index (χ3v) is 5.94. The van der Waals surface area contributed by atoms with Gasteiger partial charge in [-0.3, -0.25) is 0 Å². The van der Waals surface area contributed by atoms with Crippen LogP contribution in [0.1, 0.15) is 33.7 Å². The van der Waals surface area contributed by atoms with Crippen molar-refractivity contribution in [1.29, 1.82) is 0 Å². The molecule has 164 valence electrons. The van der Waals surface area contributed by atoms with E-state index in [1.54, 1.807) is 13.0 Å². The van der Waals surface area contributed by atoms with Crippen LogP contribution in [-0.4, -0.2) is 34.9 Å². The molecule has 4 rings (SSSR count). The molecule has 0 bridgehead atoms. The first-order valence-corrected chi connectivity index (χ1v) is 10.5. The first kappa shape index (κ1) is 21.4. The van der Waals surface area contributed by atoms with E-state index in [1.807, 2.05) is 61.5 Å². The van der Waals surface area contributed by atoms with E-state index in [9.17, 15) is 19.8 Å². The molecule has 0 aromatic heterocycles.